The summed E-state index contributed by atoms with van der Waals surface area (Å²) < 4.78 is 0. The summed E-state index contributed by atoms with van der Waals surface area (Å²) in [5, 5.41) is 0.922. The van der Waals surface area contributed by atoms with Crippen LogP contribution in [-0.2, 0) is 9.63 Å². The lowest BCUT2D eigenvalue weighted by atomic mass is 10.6. The summed E-state index contributed by atoms with van der Waals surface area (Å²) in [6.45, 7) is 8.59. The van der Waals surface area contributed by atoms with Gasteiger partial charge in [-0.2, -0.15) is 5.06 Å². The fraction of sp³-hybridized carbons (Fsp3) is 0.333. The van der Waals surface area contributed by atoms with Gasteiger partial charge in [0.25, 0.3) is 0 Å². The molecular weight excluding hydrogens is 184 g/mol. The van der Waals surface area contributed by atoms with Crippen LogP contribution in [0.15, 0.2) is 25.4 Å². The average molecular weight is 198 g/mol. The summed E-state index contributed by atoms with van der Waals surface area (Å²) >= 11 is 0. The van der Waals surface area contributed by atoms with Crippen molar-refractivity contribution in [2.75, 3.05) is 13.6 Å². The predicted octanol–water partition coefficient (Wildman–Crippen LogP) is 1.15. The summed E-state index contributed by atoms with van der Waals surface area (Å²) in [6, 6.07) is -0.460. The Morgan fingerprint density at radius 2 is 2.00 bits per heavy atom. The van der Waals surface area contributed by atoms with E-state index in [1.54, 1.807) is 6.92 Å². The zero-order chi connectivity index (χ0) is 11.1. The third-order valence-electron chi connectivity index (χ3n) is 1.44. The number of amides is 2. The zero-order valence-electron chi connectivity index (χ0n) is 8.40. The number of urea groups is 1. The van der Waals surface area contributed by atoms with Gasteiger partial charge in [-0.15, -0.1) is 0 Å². The van der Waals surface area contributed by atoms with E-state index in [1.165, 1.54) is 18.1 Å². The first-order valence-corrected chi connectivity index (χ1v) is 4.08. The number of carbonyl (C=O) groups excluding carboxylic acids is 2. The second kappa shape index (κ2) is 5.80. The third kappa shape index (κ3) is 3.30. The van der Waals surface area contributed by atoms with Crippen LogP contribution in [0.3, 0.4) is 0 Å². The Morgan fingerprint density at radius 1 is 1.43 bits per heavy atom. The molecule has 0 N–H and O–H groups in total. The highest BCUT2D eigenvalue weighted by Crippen LogP contribution is 1.98. The molecule has 0 saturated carbocycles. The maximum Gasteiger partial charge on any atom is 0.356 e. The highest BCUT2D eigenvalue weighted by molar-refractivity contribution is 5.83. The van der Waals surface area contributed by atoms with Gasteiger partial charge in [0, 0.05) is 19.3 Å². The average Bonchev–Trinajstić information content (AvgIpc) is 2.23. The smallest absolute Gasteiger partial charge is 0.332 e. The lowest BCUT2D eigenvalue weighted by Gasteiger charge is -2.22. The Balaban J connectivity index is 4.40. The SMILES string of the molecule is C=CC(=O)ON(CC)C(=O)N(C)C=C. The molecule has 0 radical (unpaired) electrons. The lowest BCUT2D eigenvalue weighted by Crippen LogP contribution is -2.39. The van der Waals surface area contributed by atoms with Gasteiger partial charge in [0.2, 0.25) is 0 Å². The number of hydrogen-bond acceptors (Lipinski definition) is 3. The Morgan fingerprint density at radius 3 is 2.36 bits per heavy atom. The van der Waals surface area contributed by atoms with Crippen molar-refractivity contribution in [3.8, 4) is 0 Å². The van der Waals surface area contributed by atoms with Gasteiger partial charge in [-0.25, -0.2) is 9.59 Å². The van der Waals surface area contributed by atoms with E-state index in [4.69, 9.17) is 0 Å². The quantitative estimate of drug-likeness (QED) is 0.505. The number of rotatable bonds is 3. The van der Waals surface area contributed by atoms with E-state index in [9.17, 15) is 9.59 Å². The van der Waals surface area contributed by atoms with Crippen LogP contribution in [0.5, 0.6) is 0 Å². The van der Waals surface area contributed by atoms with Crippen molar-refractivity contribution < 1.29 is 14.4 Å². The first-order valence-electron chi connectivity index (χ1n) is 4.08. The molecule has 0 heterocycles. The van der Waals surface area contributed by atoms with Crippen molar-refractivity contribution in [3.63, 3.8) is 0 Å². The molecule has 0 bridgehead atoms. The minimum atomic E-state index is -0.669. The third-order valence-corrected chi connectivity index (χ3v) is 1.44. The second-order valence-electron chi connectivity index (χ2n) is 2.39. The highest BCUT2D eigenvalue weighted by atomic mass is 16.7. The largest absolute Gasteiger partial charge is 0.356 e. The molecule has 5 heteroatoms. The van der Waals surface area contributed by atoms with Crippen LogP contribution in [-0.4, -0.2) is 35.6 Å². The monoisotopic (exact) mass is 198 g/mol. The van der Waals surface area contributed by atoms with Gasteiger partial charge in [-0.3, -0.25) is 0 Å². The van der Waals surface area contributed by atoms with E-state index in [0.717, 1.165) is 11.1 Å². The van der Waals surface area contributed by atoms with Crippen LogP contribution in [0.25, 0.3) is 0 Å². The molecule has 0 saturated heterocycles. The van der Waals surface area contributed by atoms with E-state index in [-0.39, 0.29) is 6.54 Å². The van der Waals surface area contributed by atoms with Crippen molar-refractivity contribution in [2.24, 2.45) is 0 Å². The number of hydrogen-bond donors (Lipinski definition) is 0. The van der Waals surface area contributed by atoms with E-state index in [1.807, 2.05) is 0 Å². The molecule has 5 nitrogen and oxygen atoms in total. The number of hydroxylamine groups is 2. The van der Waals surface area contributed by atoms with Crippen molar-refractivity contribution in [3.05, 3.63) is 25.4 Å². The molecule has 0 rings (SSSR count). The highest BCUT2D eigenvalue weighted by Gasteiger charge is 2.17. The predicted molar refractivity (Wildman–Crippen MR) is 52.0 cm³/mol. The molecule has 0 spiro atoms. The first kappa shape index (κ1) is 12.2. The minimum absolute atomic E-state index is 0.261. The second-order valence-corrected chi connectivity index (χ2v) is 2.39. The van der Waals surface area contributed by atoms with Crippen molar-refractivity contribution in [2.45, 2.75) is 6.92 Å². The van der Waals surface area contributed by atoms with Gasteiger partial charge in [-0.1, -0.05) is 13.2 Å². The fourth-order valence-corrected chi connectivity index (χ4v) is 0.639. The Labute approximate surface area is 83.2 Å². The van der Waals surface area contributed by atoms with E-state index in [2.05, 4.69) is 18.0 Å². The minimum Gasteiger partial charge on any atom is -0.332 e. The summed E-state index contributed by atoms with van der Waals surface area (Å²) in [4.78, 5) is 28.1. The van der Waals surface area contributed by atoms with Crippen LogP contribution in [0.1, 0.15) is 6.92 Å². The molecule has 78 valence electrons. The number of nitrogens with zero attached hydrogens (tertiary/aromatic N) is 2. The Kier molecular flexibility index (Phi) is 5.06. The molecule has 14 heavy (non-hydrogen) atoms. The summed E-state index contributed by atoms with van der Waals surface area (Å²) in [5.41, 5.74) is 0. The fourth-order valence-electron chi connectivity index (χ4n) is 0.639. The summed E-state index contributed by atoms with van der Waals surface area (Å²) in [5.74, 6) is -0.669. The molecule has 0 aliphatic carbocycles. The maximum absolute atomic E-state index is 11.4. The van der Waals surface area contributed by atoms with Gasteiger partial charge < -0.3 is 9.74 Å². The normalized spacial score (nSPS) is 8.71. The van der Waals surface area contributed by atoms with Crippen molar-refractivity contribution >= 4 is 12.0 Å². The first-order chi connectivity index (χ1) is 6.56. The van der Waals surface area contributed by atoms with Crippen molar-refractivity contribution in [1.29, 1.82) is 0 Å². The van der Waals surface area contributed by atoms with E-state index >= 15 is 0 Å². The number of carbonyl (C=O) groups is 2. The molecule has 0 atom stereocenters. The summed E-state index contributed by atoms with van der Waals surface area (Å²) in [6.07, 6.45) is 2.32. The molecule has 0 aromatic heterocycles. The molecular formula is C9H14N2O3. The van der Waals surface area contributed by atoms with Crippen molar-refractivity contribution in [1.82, 2.24) is 9.96 Å². The van der Waals surface area contributed by atoms with Gasteiger partial charge in [0.15, 0.2) is 0 Å². The van der Waals surface area contributed by atoms with Crippen LogP contribution in [0.2, 0.25) is 0 Å². The standard InChI is InChI=1S/C9H14N2O3/c1-5-8(12)14-11(7-3)9(13)10(4)6-2/h5-6H,1-2,7H2,3-4H3. The zero-order valence-corrected chi connectivity index (χ0v) is 8.40. The van der Waals surface area contributed by atoms with Gasteiger partial charge in [0.1, 0.15) is 0 Å². The molecule has 0 aliphatic rings. The lowest BCUT2D eigenvalue weighted by molar-refractivity contribution is -0.170. The Bertz CT molecular complexity index is 250. The maximum atomic E-state index is 11.4. The van der Waals surface area contributed by atoms with Crippen LogP contribution in [0, 0.1) is 0 Å². The molecule has 0 aromatic carbocycles. The molecule has 2 amide bonds. The van der Waals surface area contributed by atoms with E-state index < -0.39 is 12.0 Å². The van der Waals surface area contributed by atoms with Gasteiger partial charge in [0.05, 0.1) is 6.54 Å². The van der Waals surface area contributed by atoms with Gasteiger partial charge >= 0.3 is 12.0 Å². The molecule has 0 aromatic rings. The van der Waals surface area contributed by atoms with E-state index in [0.29, 0.717) is 0 Å². The van der Waals surface area contributed by atoms with Crippen LogP contribution in [0.4, 0.5) is 4.79 Å². The van der Waals surface area contributed by atoms with Gasteiger partial charge in [-0.05, 0) is 6.92 Å². The topological polar surface area (TPSA) is 49.9 Å². The van der Waals surface area contributed by atoms with Crippen LogP contribution >= 0.6 is 0 Å². The molecule has 0 unspecified atom stereocenters. The Hall–Kier alpha value is -1.78. The summed E-state index contributed by atoms with van der Waals surface area (Å²) in [7, 11) is 1.51. The van der Waals surface area contributed by atoms with Crippen LogP contribution < -0.4 is 0 Å². The molecule has 0 aliphatic heterocycles. The molecule has 0 fully saturated rings.